The SMILES string of the molecule is CCSC(CC)=NC. The molecular weight excluding hydrogens is 118 g/mol. The number of nitrogens with zero attached hydrogens (tertiary/aromatic N) is 1. The fraction of sp³-hybridized carbons (Fsp3) is 0.833. The molecule has 0 saturated carbocycles. The lowest BCUT2D eigenvalue weighted by Crippen LogP contribution is -1.87. The van der Waals surface area contributed by atoms with Crippen molar-refractivity contribution in [3.05, 3.63) is 0 Å². The zero-order chi connectivity index (χ0) is 6.41. The molecule has 0 spiro atoms. The van der Waals surface area contributed by atoms with Gasteiger partial charge in [-0.1, -0.05) is 13.8 Å². The largest absolute Gasteiger partial charge is 0.286 e. The summed E-state index contributed by atoms with van der Waals surface area (Å²) < 4.78 is 0. The fourth-order valence-corrected chi connectivity index (χ4v) is 1.16. The second-order valence-corrected chi connectivity index (χ2v) is 2.74. The maximum Gasteiger partial charge on any atom is 0.0669 e. The standard InChI is InChI=1S/C6H13NS/c1-4-6(7-3)8-5-2/h4-5H2,1-3H3. The second kappa shape index (κ2) is 5.16. The first-order valence-corrected chi connectivity index (χ1v) is 3.92. The van der Waals surface area contributed by atoms with Crippen LogP contribution >= 0.6 is 11.8 Å². The molecule has 0 amide bonds. The molecule has 0 saturated heterocycles. The average Bonchev–Trinajstić information content (AvgIpc) is 1.83. The van der Waals surface area contributed by atoms with Gasteiger partial charge in [-0.25, -0.2) is 0 Å². The van der Waals surface area contributed by atoms with Crippen molar-refractivity contribution in [2.75, 3.05) is 12.8 Å². The third kappa shape index (κ3) is 3.08. The van der Waals surface area contributed by atoms with E-state index in [1.165, 1.54) is 5.04 Å². The minimum Gasteiger partial charge on any atom is -0.286 e. The van der Waals surface area contributed by atoms with Gasteiger partial charge in [0, 0.05) is 7.05 Å². The summed E-state index contributed by atoms with van der Waals surface area (Å²) in [4.78, 5) is 4.08. The summed E-state index contributed by atoms with van der Waals surface area (Å²) in [6.45, 7) is 4.27. The van der Waals surface area contributed by atoms with Crippen molar-refractivity contribution < 1.29 is 0 Å². The first-order valence-electron chi connectivity index (χ1n) is 2.93. The van der Waals surface area contributed by atoms with Crippen molar-refractivity contribution in [3.63, 3.8) is 0 Å². The molecule has 0 aromatic rings. The summed E-state index contributed by atoms with van der Waals surface area (Å²) in [5.74, 6) is 1.14. The summed E-state index contributed by atoms with van der Waals surface area (Å²) in [5.41, 5.74) is 0. The summed E-state index contributed by atoms with van der Waals surface area (Å²) in [6.07, 6.45) is 1.08. The van der Waals surface area contributed by atoms with E-state index in [1.54, 1.807) is 0 Å². The molecule has 0 aliphatic carbocycles. The van der Waals surface area contributed by atoms with E-state index in [0.717, 1.165) is 12.2 Å². The molecule has 0 rings (SSSR count). The van der Waals surface area contributed by atoms with E-state index in [2.05, 4.69) is 18.8 Å². The molecule has 0 aromatic carbocycles. The van der Waals surface area contributed by atoms with Crippen molar-refractivity contribution >= 4 is 16.8 Å². The van der Waals surface area contributed by atoms with Crippen LogP contribution in [-0.2, 0) is 0 Å². The lowest BCUT2D eigenvalue weighted by Gasteiger charge is -1.95. The Morgan fingerprint density at radius 2 is 2.12 bits per heavy atom. The van der Waals surface area contributed by atoms with Crippen molar-refractivity contribution in [3.8, 4) is 0 Å². The molecule has 1 nitrogen and oxygen atoms in total. The van der Waals surface area contributed by atoms with Crippen LogP contribution in [0, 0.1) is 0 Å². The Labute approximate surface area is 55.6 Å². The quantitative estimate of drug-likeness (QED) is 0.413. The van der Waals surface area contributed by atoms with Gasteiger partial charge in [0.05, 0.1) is 5.04 Å². The average molecular weight is 131 g/mol. The van der Waals surface area contributed by atoms with Gasteiger partial charge in [0.15, 0.2) is 0 Å². The summed E-state index contributed by atoms with van der Waals surface area (Å²) in [6, 6.07) is 0. The number of hydrogen-bond acceptors (Lipinski definition) is 2. The van der Waals surface area contributed by atoms with Crippen LogP contribution < -0.4 is 0 Å². The minimum atomic E-state index is 1.08. The molecule has 0 heterocycles. The van der Waals surface area contributed by atoms with Gasteiger partial charge in [-0.2, -0.15) is 0 Å². The van der Waals surface area contributed by atoms with Gasteiger partial charge in [-0.15, -0.1) is 11.8 Å². The molecular formula is C6H13NS. The first-order chi connectivity index (χ1) is 3.85. The van der Waals surface area contributed by atoms with Crippen LogP contribution in [0.2, 0.25) is 0 Å². The number of thioether (sulfide) groups is 1. The number of hydrogen-bond donors (Lipinski definition) is 0. The van der Waals surface area contributed by atoms with Gasteiger partial charge in [0.1, 0.15) is 0 Å². The lowest BCUT2D eigenvalue weighted by atomic mass is 10.5. The number of rotatable bonds is 2. The normalized spacial score (nSPS) is 12.1. The topological polar surface area (TPSA) is 12.4 Å². The molecule has 0 aliphatic rings. The van der Waals surface area contributed by atoms with E-state index in [9.17, 15) is 0 Å². The van der Waals surface area contributed by atoms with Crippen LogP contribution in [0.4, 0.5) is 0 Å². The van der Waals surface area contributed by atoms with Gasteiger partial charge in [0.2, 0.25) is 0 Å². The molecule has 0 aromatic heterocycles. The van der Waals surface area contributed by atoms with Crippen LogP contribution in [0.1, 0.15) is 20.3 Å². The van der Waals surface area contributed by atoms with Gasteiger partial charge < -0.3 is 0 Å². The Balaban J connectivity index is 3.38. The Morgan fingerprint density at radius 3 is 2.25 bits per heavy atom. The molecule has 0 fully saturated rings. The van der Waals surface area contributed by atoms with E-state index in [4.69, 9.17) is 0 Å². The number of aliphatic imine (C=N–C) groups is 1. The maximum absolute atomic E-state index is 4.08. The van der Waals surface area contributed by atoms with Gasteiger partial charge in [-0.05, 0) is 12.2 Å². The van der Waals surface area contributed by atoms with Crippen LogP contribution in [0.15, 0.2) is 4.99 Å². The lowest BCUT2D eigenvalue weighted by molar-refractivity contribution is 1.28. The fourth-order valence-electron chi connectivity index (χ4n) is 0.491. The molecule has 2 heteroatoms. The van der Waals surface area contributed by atoms with Crippen molar-refractivity contribution in [1.82, 2.24) is 0 Å². The summed E-state index contributed by atoms with van der Waals surface area (Å²) in [7, 11) is 1.85. The van der Waals surface area contributed by atoms with Gasteiger partial charge in [0.25, 0.3) is 0 Å². The van der Waals surface area contributed by atoms with E-state index in [-0.39, 0.29) is 0 Å². The highest BCUT2D eigenvalue weighted by Gasteiger charge is 1.89. The highest BCUT2D eigenvalue weighted by molar-refractivity contribution is 8.13. The molecule has 8 heavy (non-hydrogen) atoms. The van der Waals surface area contributed by atoms with Crippen molar-refractivity contribution in [2.45, 2.75) is 20.3 Å². The van der Waals surface area contributed by atoms with Crippen LogP contribution in [0.25, 0.3) is 0 Å². The minimum absolute atomic E-state index is 1.08. The van der Waals surface area contributed by atoms with Crippen LogP contribution in [0.3, 0.4) is 0 Å². The third-order valence-electron chi connectivity index (χ3n) is 0.863. The molecule has 0 radical (unpaired) electrons. The molecule has 0 aliphatic heterocycles. The highest BCUT2D eigenvalue weighted by Crippen LogP contribution is 2.04. The Morgan fingerprint density at radius 1 is 1.50 bits per heavy atom. The molecule has 0 bridgehead atoms. The molecule has 0 unspecified atom stereocenters. The maximum atomic E-state index is 4.08. The molecule has 0 atom stereocenters. The van der Waals surface area contributed by atoms with Crippen LogP contribution in [-0.4, -0.2) is 17.8 Å². The predicted octanol–water partition coefficient (Wildman–Crippen LogP) is 2.18. The zero-order valence-electron chi connectivity index (χ0n) is 5.77. The molecule has 0 N–H and O–H groups in total. The van der Waals surface area contributed by atoms with Crippen molar-refractivity contribution in [1.29, 1.82) is 0 Å². The Hall–Kier alpha value is 0.0200. The Bertz CT molecular complexity index is 78.6. The van der Waals surface area contributed by atoms with Gasteiger partial charge >= 0.3 is 0 Å². The zero-order valence-corrected chi connectivity index (χ0v) is 6.59. The first kappa shape index (κ1) is 8.02. The molecule has 48 valence electrons. The van der Waals surface area contributed by atoms with Crippen molar-refractivity contribution in [2.24, 2.45) is 4.99 Å². The summed E-state index contributed by atoms with van der Waals surface area (Å²) in [5, 5.41) is 1.26. The second-order valence-electron chi connectivity index (χ2n) is 1.40. The van der Waals surface area contributed by atoms with E-state index >= 15 is 0 Å². The monoisotopic (exact) mass is 131 g/mol. The van der Waals surface area contributed by atoms with Crippen LogP contribution in [0.5, 0.6) is 0 Å². The van der Waals surface area contributed by atoms with E-state index < -0.39 is 0 Å². The van der Waals surface area contributed by atoms with Gasteiger partial charge in [-0.3, -0.25) is 4.99 Å². The smallest absolute Gasteiger partial charge is 0.0669 e. The third-order valence-corrected chi connectivity index (χ3v) is 1.96. The van der Waals surface area contributed by atoms with E-state index in [1.807, 2.05) is 18.8 Å². The summed E-state index contributed by atoms with van der Waals surface area (Å²) >= 11 is 1.83. The highest BCUT2D eigenvalue weighted by atomic mass is 32.2. The van der Waals surface area contributed by atoms with E-state index in [0.29, 0.717) is 0 Å². The Kier molecular flexibility index (Phi) is 5.18. The predicted molar refractivity (Wildman–Crippen MR) is 41.8 cm³/mol.